The highest BCUT2D eigenvalue weighted by Crippen LogP contribution is 2.17. The predicted molar refractivity (Wildman–Crippen MR) is 116 cm³/mol. The van der Waals surface area contributed by atoms with Crippen molar-refractivity contribution in [3.05, 3.63) is 29.8 Å². The maximum atomic E-state index is 5.41. The first kappa shape index (κ1) is 22.0. The van der Waals surface area contributed by atoms with Crippen LogP contribution < -0.4 is 15.4 Å². The van der Waals surface area contributed by atoms with Crippen molar-refractivity contribution in [1.29, 1.82) is 0 Å². The van der Waals surface area contributed by atoms with Gasteiger partial charge in [-0.05, 0) is 50.9 Å². The molecule has 0 aliphatic carbocycles. The molecule has 1 aliphatic rings. The van der Waals surface area contributed by atoms with Crippen LogP contribution in [0.2, 0.25) is 0 Å². The molecule has 1 atom stereocenters. The first-order chi connectivity index (χ1) is 11.8. The third-order valence-electron chi connectivity index (χ3n) is 4.59. The minimum Gasteiger partial charge on any atom is -0.496 e. The second kappa shape index (κ2) is 12.4. The Hall–Kier alpha value is -1.02. The van der Waals surface area contributed by atoms with Gasteiger partial charge >= 0.3 is 0 Å². The van der Waals surface area contributed by atoms with Crippen molar-refractivity contribution in [3.8, 4) is 5.75 Å². The van der Waals surface area contributed by atoms with E-state index in [9.17, 15) is 0 Å². The Morgan fingerprint density at radius 2 is 2.08 bits per heavy atom. The van der Waals surface area contributed by atoms with Gasteiger partial charge in [0.1, 0.15) is 5.75 Å². The van der Waals surface area contributed by atoms with E-state index in [0.717, 1.165) is 44.3 Å². The quantitative estimate of drug-likeness (QED) is 0.356. The number of methoxy groups -OCH3 is 1. The molecule has 5 nitrogen and oxygen atoms in total. The number of rotatable bonds is 8. The van der Waals surface area contributed by atoms with Crippen LogP contribution in [0.3, 0.4) is 0 Å². The number of benzene rings is 1. The molecule has 1 aliphatic heterocycles. The maximum absolute atomic E-state index is 5.41. The lowest BCUT2D eigenvalue weighted by Crippen LogP contribution is -2.40. The van der Waals surface area contributed by atoms with Crippen LogP contribution in [0.4, 0.5) is 0 Å². The molecule has 2 N–H and O–H groups in total. The van der Waals surface area contributed by atoms with Crippen molar-refractivity contribution in [2.24, 2.45) is 4.99 Å². The van der Waals surface area contributed by atoms with Gasteiger partial charge in [-0.25, -0.2) is 0 Å². The molecule has 0 amide bonds. The summed E-state index contributed by atoms with van der Waals surface area (Å²) in [6, 6.07) is 8.77. The molecule has 25 heavy (non-hydrogen) atoms. The topological polar surface area (TPSA) is 48.9 Å². The Balaban J connectivity index is 0.00000312. The number of para-hydroxylation sites is 1. The smallest absolute Gasteiger partial charge is 0.191 e. The molecule has 0 bridgehead atoms. The standard InChI is InChI=1S/C19H32N4O.HI/c1-4-20-19(22-15-17-10-8-14-23(17)5-2)21-13-12-16-9-6-7-11-18(16)24-3;/h6-7,9,11,17H,4-5,8,10,12-15H2,1-3H3,(H2,20,21,22);1H. The number of likely N-dealkylation sites (tertiary alicyclic amines) is 1. The van der Waals surface area contributed by atoms with Crippen molar-refractivity contribution in [2.75, 3.05) is 39.8 Å². The van der Waals surface area contributed by atoms with Gasteiger partial charge < -0.3 is 15.4 Å². The van der Waals surface area contributed by atoms with Gasteiger partial charge in [0.25, 0.3) is 0 Å². The third-order valence-corrected chi connectivity index (χ3v) is 4.59. The van der Waals surface area contributed by atoms with Crippen molar-refractivity contribution < 1.29 is 4.74 Å². The Morgan fingerprint density at radius 1 is 1.28 bits per heavy atom. The lowest BCUT2D eigenvalue weighted by atomic mass is 10.1. The van der Waals surface area contributed by atoms with Crippen LogP contribution in [0.5, 0.6) is 5.75 Å². The largest absolute Gasteiger partial charge is 0.496 e. The van der Waals surface area contributed by atoms with Crippen molar-refractivity contribution in [2.45, 2.75) is 39.2 Å². The highest BCUT2D eigenvalue weighted by atomic mass is 127. The van der Waals surface area contributed by atoms with Crippen molar-refractivity contribution >= 4 is 29.9 Å². The van der Waals surface area contributed by atoms with Gasteiger partial charge in [0.15, 0.2) is 5.96 Å². The molecule has 1 aromatic carbocycles. The van der Waals surface area contributed by atoms with Crippen molar-refractivity contribution in [1.82, 2.24) is 15.5 Å². The number of nitrogens with one attached hydrogen (secondary N) is 2. The maximum Gasteiger partial charge on any atom is 0.191 e. The van der Waals surface area contributed by atoms with Crippen LogP contribution in [-0.2, 0) is 6.42 Å². The van der Waals surface area contributed by atoms with Gasteiger partial charge in [-0.3, -0.25) is 9.89 Å². The number of ether oxygens (including phenoxy) is 1. The van der Waals surface area contributed by atoms with Gasteiger partial charge in [-0.15, -0.1) is 24.0 Å². The van der Waals surface area contributed by atoms with Crippen LogP contribution in [-0.4, -0.2) is 56.7 Å². The SMILES string of the molecule is CCNC(=NCC1CCCN1CC)NCCc1ccccc1OC.I. The number of guanidine groups is 1. The zero-order valence-electron chi connectivity index (χ0n) is 15.8. The molecule has 2 rings (SSSR count). The third kappa shape index (κ3) is 7.01. The fourth-order valence-electron chi connectivity index (χ4n) is 3.28. The summed E-state index contributed by atoms with van der Waals surface area (Å²) < 4.78 is 5.41. The van der Waals surface area contributed by atoms with Crippen molar-refractivity contribution in [3.63, 3.8) is 0 Å². The Bertz CT molecular complexity index is 524. The minimum atomic E-state index is 0. The van der Waals surface area contributed by atoms with E-state index in [2.05, 4.69) is 41.5 Å². The van der Waals surface area contributed by atoms with E-state index in [1.54, 1.807) is 7.11 Å². The molecule has 142 valence electrons. The minimum absolute atomic E-state index is 0. The summed E-state index contributed by atoms with van der Waals surface area (Å²) in [5, 5.41) is 6.79. The average molecular weight is 460 g/mol. The Labute approximate surface area is 169 Å². The molecule has 1 saturated heterocycles. The molecule has 1 aromatic rings. The summed E-state index contributed by atoms with van der Waals surface area (Å²) in [4.78, 5) is 7.32. The molecule has 0 aromatic heterocycles. The Kier molecular flexibility index (Phi) is 10.9. The molecule has 6 heteroatoms. The van der Waals surface area contributed by atoms with E-state index in [4.69, 9.17) is 9.73 Å². The first-order valence-electron chi connectivity index (χ1n) is 9.16. The van der Waals surface area contributed by atoms with Gasteiger partial charge in [-0.2, -0.15) is 0 Å². The molecule has 1 fully saturated rings. The normalized spacial score (nSPS) is 17.9. The second-order valence-corrected chi connectivity index (χ2v) is 6.13. The summed E-state index contributed by atoms with van der Waals surface area (Å²) in [6.45, 7) is 9.27. The summed E-state index contributed by atoms with van der Waals surface area (Å²) in [5.41, 5.74) is 1.22. The van der Waals surface area contributed by atoms with Crippen LogP contribution in [0.1, 0.15) is 32.3 Å². The zero-order chi connectivity index (χ0) is 17.2. The van der Waals surface area contributed by atoms with E-state index >= 15 is 0 Å². The summed E-state index contributed by atoms with van der Waals surface area (Å²) in [7, 11) is 1.72. The van der Waals surface area contributed by atoms with Crippen LogP contribution in [0.25, 0.3) is 0 Å². The van der Waals surface area contributed by atoms with E-state index in [-0.39, 0.29) is 24.0 Å². The molecule has 0 radical (unpaired) electrons. The molecule has 1 heterocycles. The fraction of sp³-hybridized carbons (Fsp3) is 0.632. The lowest BCUT2D eigenvalue weighted by molar-refractivity contribution is 0.273. The van der Waals surface area contributed by atoms with E-state index < -0.39 is 0 Å². The summed E-state index contributed by atoms with van der Waals surface area (Å²) in [6.07, 6.45) is 3.47. The zero-order valence-corrected chi connectivity index (χ0v) is 18.1. The highest BCUT2D eigenvalue weighted by Gasteiger charge is 2.22. The van der Waals surface area contributed by atoms with Gasteiger partial charge in [0.2, 0.25) is 0 Å². The molecule has 1 unspecified atom stereocenters. The number of hydrogen-bond donors (Lipinski definition) is 2. The number of halogens is 1. The predicted octanol–water partition coefficient (Wildman–Crippen LogP) is 2.90. The summed E-state index contributed by atoms with van der Waals surface area (Å²) >= 11 is 0. The van der Waals surface area contributed by atoms with Crippen LogP contribution in [0, 0.1) is 0 Å². The van der Waals surface area contributed by atoms with Gasteiger partial charge in [0, 0.05) is 19.1 Å². The van der Waals surface area contributed by atoms with E-state index in [0.29, 0.717) is 6.04 Å². The fourth-order valence-corrected chi connectivity index (χ4v) is 3.28. The molecular formula is C19H33IN4O. The Morgan fingerprint density at radius 3 is 2.80 bits per heavy atom. The van der Waals surface area contributed by atoms with E-state index in [1.165, 1.54) is 24.9 Å². The monoisotopic (exact) mass is 460 g/mol. The number of likely N-dealkylation sites (N-methyl/N-ethyl adjacent to an activating group) is 1. The highest BCUT2D eigenvalue weighted by molar-refractivity contribution is 14.0. The number of nitrogens with zero attached hydrogens (tertiary/aromatic N) is 2. The lowest BCUT2D eigenvalue weighted by Gasteiger charge is -2.21. The first-order valence-corrected chi connectivity index (χ1v) is 9.16. The molecular weight excluding hydrogens is 427 g/mol. The van der Waals surface area contributed by atoms with Gasteiger partial charge in [-0.1, -0.05) is 25.1 Å². The average Bonchev–Trinajstić information content (AvgIpc) is 3.07. The van der Waals surface area contributed by atoms with E-state index in [1.807, 2.05) is 12.1 Å². The second-order valence-electron chi connectivity index (χ2n) is 6.13. The molecule has 0 spiro atoms. The van der Waals surface area contributed by atoms with Crippen LogP contribution in [0.15, 0.2) is 29.3 Å². The number of aliphatic imine (C=N–C) groups is 1. The van der Waals surface area contributed by atoms with Crippen LogP contribution >= 0.6 is 24.0 Å². The van der Waals surface area contributed by atoms with Gasteiger partial charge in [0.05, 0.1) is 13.7 Å². The summed E-state index contributed by atoms with van der Waals surface area (Å²) in [5.74, 6) is 1.86. The molecule has 0 saturated carbocycles. The number of hydrogen-bond acceptors (Lipinski definition) is 3.